The highest BCUT2D eigenvalue weighted by molar-refractivity contribution is 9.10. The number of fused-ring (bicyclic) bond motifs is 5. The van der Waals surface area contributed by atoms with Gasteiger partial charge in [-0.15, -0.1) is 0 Å². The van der Waals surface area contributed by atoms with Gasteiger partial charge in [-0.1, -0.05) is 22.9 Å². The van der Waals surface area contributed by atoms with E-state index in [1.165, 1.54) is 0 Å². The Morgan fingerprint density at radius 1 is 1.08 bits per heavy atom. The molecule has 9 heteroatoms. The lowest BCUT2D eigenvalue weighted by Gasteiger charge is -2.65. The van der Waals surface area contributed by atoms with E-state index in [9.17, 15) is 24.9 Å². The molecule has 0 radical (unpaired) electrons. The van der Waals surface area contributed by atoms with Crippen molar-refractivity contribution < 1.29 is 29.6 Å². The van der Waals surface area contributed by atoms with E-state index < -0.39 is 28.1 Å². The van der Waals surface area contributed by atoms with Crippen molar-refractivity contribution in [2.24, 2.45) is 33.7 Å². The molecule has 0 saturated heterocycles. The number of hydrazone groups is 1. The summed E-state index contributed by atoms with van der Waals surface area (Å²) in [5.41, 5.74) is 0.820. The molecule has 4 fully saturated rings. The molecule has 1 aromatic carbocycles. The van der Waals surface area contributed by atoms with E-state index in [0.717, 1.165) is 29.3 Å². The van der Waals surface area contributed by atoms with Crippen LogP contribution in [0.3, 0.4) is 0 Å². The van der Waals surface area contributed by atoms with Crippen LogP contribution in [0.1, 0.15) is 75.1 Å². The van der Waals surface area contributed by atoms with Crippen LogP contribution in [0.5, 0.6) is 0 Å². The van der Waals surface area contributed by atoms with E-state index >= 15 is 0 Å². The third kappa shape index (κ3) is 4.06. The molecular formula is C30H37BrN2O6. The number of halogens is 1. The number of aliphatic hydroxyl groups excluding tert-OH is 1. The number of hydrogen-bond donors (Lipinski definition) is 4. The van der Waals surface area contributed by atoms with Gasteiger partial charge in [-0.05, 0) is 99.0 Å². The molecule has 8 atom stereocenters. The minimum Gasteiger partial charge on any atom is -0.458 e. The smallest absolute Gasteiger partial charge is 0.331 e. The SMILES string of the molecule is CC12CC[C@H]3[C@@H](CCC4(O)C[C@H](O)CCC34C=NNC(=O)c3ccc(Br)cc3)C1(O)CCC2C1=CC(=O)OC1. The van der Waals surface area contributed by atoms with Crippen molar-refractivity contribution in [3.05, 3.63) is 46.0 Å². The third-order valence-electron chi connectivity index (χ3n) is 11.2. The van der Waals surface area contributed by atoms with E-state index in [0.29, 0.717) is 44.3 Å². The van der Waals surface area contributed by atoms with Crippen molar-refractivity contribution in [1.82, 2.24) is 5.43 Å². The lowest BCUT2D eigenvalue weighted by atomic mass is 9.41. The zero-order valence-electron chi connectivity index (χ0n) is 22.2. The lowest BCUT2D eigenvalue weighted by molar-refractivity contribution is -0.237. The molecule has 5 aliphatic rings. The van der Waals surface area contributed by atoms with Crippen molar-refractivity contribution >= 4 is 34.0 Å². The number of rotatable bonds is 4. The van der Waals surface area contributed by atoms with Gasteiger partial charge in [0, 0.05) is 39.6 Å². The van der Waals surface area contributed by atoms with Gasteiger partial charge >= 0.3 is 5.97 Å². The van der Waals surface area contributed by atoms with Crippen molar-refractivity contribution in [2.45, 2.75) is 82.0 Å². The number of nitrogens with zero attached hydrogens (tertiary/aromatic N) is 1. The van der Waals surface area contributed by atoms with E-state index in [1.54, 1.807) is 36.6 Å². The fourth-order valence-corrected chi connectivity index (χ4v) is 9.50. The molecule has 1 aromatic rings. The first-order valence-corrected chi connectivity index (χ1v) is 14.9. The fraction of sp³-hybridized carbons (Fsp3) is 0.633. The Morgan fingerprint density at radius 2 is 1.82 bits per heavy atom. The number of amides is 1. The molecule has 1 amide bonds. The van der Waals surface area contributed by atoms with Crippen LogP contribution in [0, 0.1) is 28.6 Å². The van der Waals surface area contributed by atoms with Crippen molar-refractivity contribution in [3.8, 4) is 0 Å². The fourth-order valence-electron chi connectivity index (χ4n) is 9.23. The molecular weight excluding hydrogens is 564 g/mol. The molecule has 4 aliphatic carbocycles. The van der Waals surface area contributed by atoms with Gasteiger partial charge in [-0.2, -0.15) is 5.10 Å². The summed E-state index contributed by atoms with van der Waals surface area (Å²) in [5, 5.41) is 39.6. The lowest BCUT2D eigenvalue weighted by Crippen LogP contribution is -2.68. The van der Waals surface area contributed by atoms with Gasteiger partial charge in [0.2, 0.25) is 0 Å². The van der Waals surface area contributed by atoms with E-state index in [4.69, 9.17) is 4.74 Å². The highest BCUT2D eigenvalue weighted by Gasteiger charge is 2.71. The average molecular weight is 602 g/mol. The van der Waals surface area contributed by atoms with E-state index in [-0.39, 0.29) is 36.1 Å². The maximum Gasteiger partial charge on any atom is 0.331 e. The highest BCUT2D eigenvalue weighted by Crippen LogP contribution is 2.70. The largest absolute Gasteiger partial charge is 0.458 e. The molecule has 1 aliphatic heterocycles. The molecule has 0 aromatic heterocycles. The molecule has 1 heterocycles. The minimum atomic E-state index is -1.17. The number of benzene rings is 1. The number of cyclic esters (lactones) is 1. The molecule has 4 N–H and O–H groups in total. The van der Waals surface area contributed by atoms with Crippen LogP contribution in [0.15, 0.2) is 45.5 Å². The third-order valence-corrected chi connectivity index (χ3v) is 11.7. The van der Waals surface area contributed by atoms with Gasteiger partial charge in [0.15, 0.2) is 0 Å². The molecule has 6 rings (SSSR count). The maximum absolute atomic E-state index is 12.8. The number of ether oxygens (including phenoxy) is 1. The minimum absolute atomic E-state index is 0.0515. The molecule has 8 nitrogen and oxygen atoms in total. The van der Waals surface area contributed by atoms with Crippen molar-refractivity contribution in [1.29, 1.82) is 0 Å². The maximum atomic E-state index is 12.8. The standard InChI is InChI=1S/C30H37BrN2O6/c1-27-10-7-23-24(30(27,38)13-9-22(27)19-14-25(35)39-16-19)8-12-29(37)15-21(34)6-11-28(23,29)17-32-33-26(36)18-2-4-20(31)5-3-18/h2-5,14,17,21-24,34,37-38H,6-13,15-16H2,1H3,(H,33,36)/t21-,22?,23+,24-,27?,28?,29?,30?/m1/s1. The summed E-state index contributed by atoms with van der Waals surface area (Å²) in [6, 6.07) is 7.01. The second-order valence-corrected chi connectivity index (χ2v) is 13.6. The number of carbonyl (C=O) groups excluding carboxylic acids is 2. The topological polar surface area (TPSA) is 128 Å². The van der Waals surface area contributed by atoms with Gasteiger partial charge in [0.05, 0.1) is 17.3 Å². The number of esters is 1. The van der Waals surface area contributed by atoms with Gasteiger partial charge in [-0.25, -0.2) is 10.2 Å². The number of hydrogen-bond acceptors (Lipinski definition) is 7. The first-order valence-electron chi connectivity index (χ1n) is 14.1. The molecule has 0 bridgehead atoms. The molecule has 39 heavy (non-hydrogen) atoms. The summed E-state index contributed by atoms with van der Waals surface area (Å²) >= 11 is 3.38. The van der Waals surface area contributed by atoms with Crippen molar-refractivity contribution in [2.75, 3.05) is 6.61 Å². The Bertz CT molecular complexity index is 1230. The Morgan fingerprint density at radius 3 is 2.54 bits per heavy atom. The molecule has 210 valence electrons. The van der Waals surface area contributed by atoms with Gasteiger partial charge in [0.25, 0.3) is 5.91 Å². The summed E-state index contributed by atoms with van der Waals surface area (Å²) in [6.07, 6.45) is 8.14. The number of carbonyl (C=O) groups is 2. The van der Waals surface area contributed by atoms with Gasteiger partial charge < -0.3 is 20.1 Å². The highest BCUT2D eigenvalue weighted by atomic mass is 79.9. The quantitative estimate of drug-likeness (QED) is 0.236. The summed E-state index contributed by atoms with van der Waals surface area (Å²) in [6.45, 7) is 2.46. The number of aliphatic hydroxyl groups is 3. The summed E-state index contributed by atoms with van der Waals surface area (Å²) < 4.78 is 6.10. The summed E-state index contributed by atoms with van der Waals surface area (Å²) in [5.74, 6) is -0.675. The summed E-state index contributed by atoms with van der Waals surface area (Å²) in [4.78, 5) is 24.6. The van der Waals surface area contributed by atoms with Crippen LogP contribution in [-0.4, -0.2) is 57.3 Å². The van der Waals surface area contributed by atoms with Gasteiger partial charge in [0.1, 0.15) is 6.61 Å². The van der Waals surface area contributed by atoms with Crippen LogP contribution < -0.4 is 5.43 Å². The van der Waals surface area contributed by atoms with Crippen LogP contribution in [-0.2, 0) is 9.53 Å². The summed E-state index contributed by atoms with van der Waals surface area (Å²) in [7, 11) is 0. The first kappa shape index (κ1) is 27.1. The molecule has 5 unspecified atom stereocenters. The zero-order chi connectivity index (χ0) is 27.6. The average Bonchev–Trinajstić information content (AvgIpc) is 3.44. The number of nitrogens with one attached hydrogen (secondary N) is 1. The Hall–Kier alpha value is -2.07. The Kier molecular flexibility index (Phi) is 6.61. The second-order valence-electron chi connectivity index (χ2n) is 12.7. The Balaban J connectivity index is 1.32. The predicted octanol–water partition coefficient (Wildman–Crippen LogP) is 3.88. The van der Waals surface area contributed by atoms with Gasteiger partial charge in [-0.3, -0.25) is 4.79 Å². The second kappa shape index (κ2) is 9.50. The van der Waals surface area contributed by atoms with E-state index in [1.807, 2.05) is 0 Å². The first-order chi connectivity index (χ1) is 18.5. The normalized spacial score (nSPS) is 43.3. The van der Waals surface area contributed by atoms with E-state index in [2.05, 4.69) is 33.4 Å². The predicted molar refractivity (Wildman–Crippen MR) is 148 cm³/mol. The van der Waals surface area contributed by atoms with Crippen molar-refractivity contribution in [3.63, 3.8) is 0 Å². The zero-order valence-corrected chi connectivity index (χ0v) is 23.8. The van der Waals surface area contributed by atoms with Crippen LogP contribution in [0.25, 0.3) is 0 Å². The monoisotopic (exact) mass is 600 g/mol. The Labute approximate surface area is 237 Å². The molecule has 4 saturated carbocycles. The van der Waals surface area contributed by atoms with Crippen LogP contribution >= 0.6 is 15.9 Å². The molecule has 0 spiro atoms. The van der Waals surface area contributed by atoms with Crippen LogP contribution in [0.2, 0.25) is 0 Å². The van der Waals surface area contributed by atoms with Crippen LogP contribution in [0.4, 0.5) is 0 Å².